The maximum Gasteiger partial charge on any atom is 0.0500 e. The number of hydrogen-bond acceptors (Lipinski definition) is 2. The lowest BCUT2D eigenvalue weighted by molar-refractivity contribution is 0.0977. The van der Waals surface area contributed by atoms with Crippen LogP contribution in [0.15, 0.2) is 24.3 Å². The molecule has 0 aliphatic heterocycles. The van der Waals surface area contributed by atoms with Gasteiger partial charge >= 0.3 is 0 Å². The van der Waals surface area contributed by atoms with Crippen LogP contribution in [0.1, 0.15) is 37.3 Å². The molecule has 0 aromatic heterocycles. The number of benzene rings is 1. The largest absolute Gasteiger partial charge is 0.396 e. The van der Waals surface area contributed by atoms with Gasteiger partial charge in [0.25, 0.3) is 0 Å². The van der Waals surface area contributed by atoms with E-state index in [1.54, 1.807) is 0 Å². The molecule has 0 bridgehead atoms. The minimum atomic E-state index is 0.189. The Morgan fingerprint density at radius 2 is 2.06 bits per heavy atom. The molecule has 96 valence electrons. The van der Waals surface area contributed by atoms with E-state index in [9.17, 15) is 5.11 Å². The minimum Gasteiger partial charge on any atom is -0.396 e. The van der Waals surface area contributed by atoms with Crippen molar-refractivity contribution < 1.29 is 9.84 Å². The number of aryl methyl sites for hydroxylation is 1. The summed E-state index contributed by atoms with van der Waals surface area (Å²) in [6, 6.07) is 8.34. The highest BCUT2D eigenvalue weighted by Gasteiger charge is 2.10. The third-order valence-corrected chi connectivity index (χ3v) is 2.80. The summed E-state index contributed by atoms with van der Waals surface area (Å²) in [6.45, 7) is 8.07. The Balaban J connectivity index is 2.43. The van der Waals surface area contributed by atoms with Crippen LogP contribution < -0.4 is 0 Å². The van der Waals surface area contributed by atoms with Crippen LogP contribution in [-0.2, 0) is 4.74 Å². The van der Waals surface area contributed by atoms with Crippen LogP contribution in [-0.4, -0.2) is 24.9 Å². The van der Waals surface area contributed by atoms with Crippen molar-refractivity contribution in [3.8, 4) is 0 Å². The van der Waals surface area contributed by atoms with Gasteiger partial charge in [0.05, 0.1) is 6.61 Å². The van der Waals surface area contributed by atoms with E-state index in [-0.39, 0.29) is 12.5 Å². The molecule has 0 saturated carbocycles. The van der Waals surface area contributed by atoms with Gasteiger partial charge in [-0.2, -0.15) is 0 Å². The smallest absolute Gasteiger partial charge is 0.0500 e. The number of rotatable bonds is 7. The Morgan fingerprint density at radius 3 is 2.65 bits per heavy atom. The highest BCUT2D eigenvalue weighted by Crippen LogP contribution is 2.20. The fraction of sp³-hybridized carbons (Fsp3) is 0.600. The molecule has 17 heavy (non-hydrogen) atoms. The van der Waals surface area contributed by atoms with Crippen molar-refractivity contribution in [2.24, 2.45) is 5.92 Å². The Kier molecular flexibility index (Phi) is 6.23. The molecular formula is C15H24O2. The highest BCUT2D eigenvalue weighted by atomic mass is 16.5. The van der Waals surface area contributed by atoms with E-state index >= 15 is 0 Å². The van der Waals surface area contributed by atoms with E-state index in [4.69, 9.17) is 4.74 Å². The lowest BCUT2D eigenvalue weighted by Crippen LogP contribution is -2.10. The molecule has 0 radical (unpaired) electrons. The molecular weight excluding hydrogens is 212 g/mol. The van der Waals surface area contributed by atoms with Crippen LogP contribution in [0.25, 0.3) is 0 Å². The van der Waals surface area contributed by atoms with Crippen LogP contribution in [0.2, 0.25) is 0 Å². The van der Waals surface area contributed by atoms with Crippen molar-refractivity contribution in [1.82, 2.24) is 0 Å². The predicted octanol–water partition coefficient (Wildman–Crippen LogP) is 3.13. The molecule has 0 fully saturated rings. The van der Waals surface area contributed by atoms with Crippen molar-refractivity contribution in [3.05, 3.63) is 35.4 Å². The molecule has 0 aliphatic carbocycles. The number of ether oxygens (including phenoxy) is 1. The maximum atomic E-state index is 9.42. The van der Waals surface area contributed by atoms with Gasteiger partial charge in [-0.15, -0.1) is 0 Å². The second-order valence-electron chi connectivity index (χ2n) is 5.05. The van der Waals surface area contributed by atoms with E-state index in [1.807, 2.05) is 6.07 Å². The molecule has 1 unspecified atom stereocenters. The maximum absolute atomic E-state index is 9.42. The Labute approximate surface area is 105 Å². The SMILES string of the molecule is Cc1cccc(C(CO)CCOCC(C)C)c1. The van der Waals surface area contributed by atoms with E-state index in [1.165, 1.54) is 11.1 Å². The van der Waals surface area contributed by atoms with E-state index in [2.05, 4.69) is 39.0 Å². The fourth-order valence-electron chi connectivity index (χ4n) is 1.83. The Hall–Kier alpha value is -0.860. The zero-order valence-electron chi connectivity index (χ0n) is 11.1. The first-order valence-electron chi connectivity index (χ1n) is 6.38. The quantitative estimate of drug-likeness (QED) is 0.737. The predicted molar refractivity (Wildman–Crippen MR) is 71.3 cm³/mol. The summed E-state index contributed by atoms with van der Waals surface area (Å²) in [4.78, 5) is 0. The van der Waals surface area contributed by atoms with Crippen molar-refractivity contribution in [2.45, 2.75) is 33.1 Å². The van der Waals surface area contributed by atoms with Crippen LogP contribution >= 0.6 is 0 Å². The molecule has 2 nitrogen and oxygen atoms in total. The second-order valence-corrected chi connectivity index (χ2v) is 5.05. The molecule has 0 aliphatic rings. The van der Waals surface area contributed by atoms with Gasteiger partial charge < -0.3 is 9.84 Å². The number of aliphatic hydroxyl groups is 1. The van der Waals surface area contributed by atoms with E-state index in [0.717, 1.165) is 19.6 Å². The highest BCUT2D eigenvalue weighted by molar-refractivity contribution is 5.25. The average molecular weight is 236 g/mol. The van der Waals surface area contributed by atoms with Crippen molar-refractivity contribution in [1.29, 1.82) is 0 Å². The van der Waals surface area contributed by atoms with Gasteiger partial charge in [-0.05, 0) is 24.8 Å². The molecule has 0 spiro atoms. The number of hydrogen-bond donors (Lipinski definition) is 1. The molecule has 1 rings (SSSR count). The van der Waals surface area contributed by atoms with Crippen LogP contribution in [0, 0.1) is 12.8 Å². The lowest BCUT2D eigenvalue weighted by atomic mass is 9.95. The van der Waals surface area contributed by atoms with Gasteiger partial charge in [0.2, 0.25) is 0 Å². The van der Waals surface area contributed by atoms with Gasteiger partial charge in [0.1, 0.15) is 0 Å². The molecule has 1 aromatic carbocycles. The average Bonchev–Trinajstić information content (AvgIpc) is 2.29. The third kappa shape index (κ3) is 5.33. The van der Waals surface area contributed by atoms with Gasteiger partial charge in [0, 0.05) is 19.1 Å². The molecule has 0 amide bonds. The molecule has 1 N–H and O–H groups in total. The van der Waals surface area contributed by atoms with Crippen LogP contribution in [0.3, 0.4) is 0 Å². The first-order chi connectivity index (χ1) is 8.13. The standard InChI is InChI=1S/C15H24O2/c1-12(2)11-17-8-7-15(10-16)14-6-4-5-13(3)9-14/h4-6,9,12,15-16H,7-8,10-11H2,1-3H3. The first-order valence-corrected chi connectivity index (χ1v) is 6.38. The van der Waals surface area contributed by atoms with Crippen molar-refractivity contribution in [2.75, 3.05) is 19.8 Å². The van der Waals surface area contributed by atoms with Gasteiger partial charge in [-0.3, -0.25) is 0 Å². The minimum absolute atomic E-state index is 0.189. The molecule has 1 atom stereocenters. The monoisotopic (exact) mass is 236 g/mol. The topological polar surface area (TPSA) is 29.5 Å². The molecule has 1 aromatic rings. The van der Waals surface area contributed by atoms with Gasteiger partial charge in [-0.25, -0.2) is 0 Å². The van der Waals surface area contributed by atoms with Crippen LogP contribution in [0.4, 0.5) is 0 Å². The van der Waals surface area contributed by atoms with Gasteiger partial charge in [0.15, 0.2) is 0 Å². The summed E-state index contributed by atoms with van der Waals surface area (Å²) >= 11 is 0. The summed E-state index contributed by atoms with van der Waals surface area (Å²) in [5, 5.41) is 9.42. The zero-order valence-corrected chi connectivity index (χ0v) is 11.1. The Morgan fingerprint density at radius 1 is 1.29 bits per heavy atom. The Bertz CT molecular complexity index is 320. The summed E-state index contributed by atoms with van der Waals surface area (Å²) in [7, 11) is 0. The number of aliphatic hydroxyl groups excluding tert-OH is 1. The summed E-state index contributed by atoms with van der Waals surface area (Å²) in [5.74, 6) is 0.767. The molecule has 0 heterocycles. The fourth-order valence-corrected chi connectivity index (χ4v) is 1.83. The van der Waals surface area contributed by atoms with E-state index in [0.29, 0.717) is 5.92 Å². The van der Waals surface area contributed by atoms with E-state index < -0.39 is 0 Å². The summed E-state index contributed by atoms with van der Waals surface area (Å²) in [5.41, 5.74) is 2.45. The first kappa shape index (κ1) is 14.2. The van der Waals surface area contributed by atoms with Crippen LogP contribution in [0.5, 0.6) is 0 Å². The van der Waals surface area contributed by atoms with Gasteiger partial charge in [-0.1, -0.05) is 43.7 Å². The molecule has 2 heteroatoms. The van der Waals surface area contributed by atoms with Crippen molar-refractivity contribution >= 4 is 0 Å². The lowest BCUT2D eigenvalue weighted by Gasteiger charge is -2.15. The molecule has 0 saturated heterocycles. The second kappa shape index (κ2) is 7.46. The summed E-state index contributed by atoms with van der Waals surface area (Å²) < 4.78 is 5.57. The normalized spacial score (nSPS) is 13.0. The zero-order chi connectivity index (χ0) is 12.7. The third-order valence-electron chi connectivity index (χ3n) is 2.80. The summed E-state index contributed by atoms with van der Waals surface area (Å²) in [6.07, 6.45) is 0.882. The van der Waals surface area contributed by atoms with Crippen molar-refractivity contribution in [3.63, 3.8) is 0 Å².